The zero-order chi connectivity index (χ0) is 11.8. The summed E-state index contributed by atoms with van der Waals surface area (Å²) in [5, 5.41) is 1.16. The molecule has 0 saturated heterocycles. The third-order valence-electron chi connectivity index (χ3n) is 3.86. The van der Waals surface area contributed by atoms with Gasteiger partial charge in [-0.25, -0.2) is 4.98 Å². The topological polar surface area (TPSA) is 38.9 Å². The second-order valence-electron chi connectivity index (χ2n) is 5.14. The predicted octanol–water partition coefficient (Wildman–Crippen LogP) is 3.24. The minimum absolute atomic E-state index is 0.220. The lowest BCUT2D eigenvalue weighted by atomic mass is 9.85. The average Bonchev–Trinajstić information content (AvgIpc) is 2.71. The Kier molecular flexibility index (Phi) is 3.36. The molecule has 1 aromatic rings. The normalized spacial score (nSPS) is 19.6. The summed E-state index contributed by atoms with van der Waals surface area (Å²) in [6.45, 7) is 6.56. The Hall–Kier alpha value is -0.410. The fourth-order valence-electron chi connectivity index (χ4n) is 2.36. The smallest absolute Gasteiger partial charge is 0.113 e. The number of aromatic nitrogens is 1. The molecular weight excluding hydrogens is 216 g/mol. The molecule has 0 bridgehead atoms. The highest BCUT2D eigenvalue weighted by atomic mass is 32.1. The molecule has 0 fully saturated rings. The first-order valence-corrected chi connectivity index (χ1v) is 7.17. The molecule has 0 radical (unpaired) electrons. The summed E-state index contributed by atoms with van der Waals surface area (Å²) in [4.78, 5) is 6.30. The van der Waals surface area contributed by atoms with Gasteiger partial charge < -0.3 is 5.73 Å². The number of aryl methyl sites for hydroxylation is 2. The second-order valence-corrected chi connectivity index (χ2v) is 6.23. The second kappa shape index (κ2) is 4.46. The molecule has 2 rings (SSSR count). The van der Waals surface area contributed by atoms with Crippen LogP contribution in [0.3, 0.4) is 0 Å². The number of thiazole rings is 1. The standard InChI is InChI=1S/C13H22N2S/c1-4-13(14,9(2)3)12-15-10-7-5-6-8-11(10)16-12/h9H,4-8,14H2,1-3H3. The van der Waals surface area contributed by atoms with Crippen molar-refractivity contribution >= 4 is 11.3 Å². The molecule has 0 spiro atoms. The van der Waals surface area contributed by atoms with E-state index in [-0.39, 0.29) is 5.54 Å². The van der Waals surface area contributed by atoms with Crippen molar-refractivity contribution in [2.24, 2.45) is 11.7 Å². The van der Waals surface area contributed by atoms with Gasteiger partial charge in [-0.2, -0.15) is 0 Å². The van der Waals surface area contributed by atoms with E-state index in [0.29, 0.717) is 5.92 Å². The Morgan fingerprint density at radius 1 is 1.38 bits per heavy atom. The van der Waals surface area contributed by atoms with Crippen molar-refractivity contribution in [3.63, 3.8) is 0 Å². The summed E-state index contributed by atoms with van der Waals surface area (Å²) in [5.41, 5.74) is 7.63. The van der Waals surface area contributed by atoms with E-state index in [1.165, 1.54) is 29.8 Å². The molecular formula is C13H22N2S. The Morgan fingerprint density at radius 3 is 2.62 bits per heavy atom. The lowest BCUT2D eigenvalue weighted by Crippen LogP contribution is -2.41. The monoisotopic (exact) mass is 238 g/mol. The predicted molar refractivity (Wildman–Crippen MR) is 69.8 cm³/mol. The fraction of sp³-hybridized carbons (Fsp3) is 0.769. The summed E-state index contributed by atoms with van der Waals surface area (Å²) < 4.78 is 0. The fourth-order valence-corrected chi connectivity index (χ4v) is 3.83. The van der Waals surface area contributed by atoms with E-state index in [1.54, 1.807) is 0 Å². The van der Waals surface area contributed by atoms with Crippen LogP contribution in [0.4, 0.5) is 0 Å². The van der Waals surface area contributed by atoms with Crippen molar-refractivity contribution in [3.05, 3.63) is 15.6 Å². The van der Waals surface area contributed by atoms with Gasteiger partial charge in [0.2, 0.25) is 0 Å². The van der Waals surface area contributed by atoms with Gasteiger partial charge in [-0.3, -0.25) is 0 Å². The average molecular weight is 238 g/mol. The number of hydrogen-bond donors (Lipinski definition) is 1. The van der Waals surface area contributed by atoms with E-state index in [9.17, 15) is 0 Å². The number of nitrogens with zero attached hydrogens (tertiary/aromatic N) is 1. The SMILES string of the molecule is CCC(N)(c1nc2c(s1)CCCC2)C(C)C. The van der Waals surface area contributed by atoms with Crippen LogP contribution in [0, 0.1) is 5.92 Å². The van der Waals surface area contributed by atoms with Crippen molar-refractivity contribution in [2.75, 3.05) is 0 Å². The van der Waals surface area contributed by atoms with Crippen molar-refractivity contribution in [1.29, 1.82) is 0 Å². The van der Waals surface area contributed by atoms with Crippen LogP contribution in [0.1, 0.15) is 55.6 Å². The van der Waals surface area contributed by atoms with Gasteiger partial charge in [-0.05, 0) is 38.0 Å². The maximum atomic E-state index is 6.52. The molecule has 0 aliphatic heterocycles. The number of nitrogens with two attached hydrogens (primary N) is 1. The van der Waals surface area contributed by atoms with Crippen LogP contribution in [-0.2, 0) is 18.4 Å². The number of fused-ring (bicyclic) bond motifs is 1. The maximum absolute atomic E-state index is 6.52. The van der Waals surface area contributed by atoms with Crippen molar-refractivity contribution < 1.29 is 0 Å². The summed E-state index contributed by atoms with van der Waals surface area (Å²) in [5.74, 6) is 0.449. The quantitative estimate of drug-likeness (QED) is 0.878. The van der Waals surface area contributed by atoms with Crippen LogP contribution in [0.5, 0.6) is 0 Å². The summed E-state index contributed by atoms with van der Waals surface area (Å²) in [6, 6.07) is 0. The van der Waals surface area contributed by atoms with Gasteiger partial charge in [-0.1, -0.05) is 20.8 Å². The highest BCUT2D eigenvalue weighted by molar-refractivity contribution is 7.11. The Bertz CT molecular complexity index is 347. The molecule has 0 saturated carbocycles. The molecule has 0 amide bonds. The molecule has 90 valence electrons. The Labute approximate surface area is 102 Å². The first-order chi connectivity index (χ1) is 7.58. The summed E-state index contributed by atoms with van der Waals surface area (Å²) in [7, 11) is 0. The molecule has 1 heterocycles. The van der Waals surface area contributed by atoms with Gasteiger partial charge in [0.05, 0.1) is 11.2 Å². The number of hydrogen-bond acceptors (Lipinski definition) is 3. The Balaban J connectivity index is 2.36. The lowest BCUT2D eigenvalue weighted by molar-refractivity contribution is 0.304. The van der Waals surface area contributed by atoms with Crippen molar-refractivity contribution in [1.82, 2.24) is 4.98 Å². The molecule has 1 unspecified atom stereocenters. The minimum atomic E-state index is -0.220. The molecule has 1 aliphatic carbocycles. The van der Waals surface area contributed by atoms with Gasteiger partial charge >= 0.3 is 0 Å². The maximum Gasteiger partial charge on any atom is 0.113 e. The van der Waals surface area contributed by atoms with E-state index in [0.717, 1.165) is 17.8 Å². The van der Waals surface area contributed by atoms with Gasteiger partial charge in [0.1, 0.15) is 5.01 Å². The molecule has 16 heavy (non-hydrogen) atoms. The van der Waals surface area contributed by atoms with Gasteiger partial charge in [0.15, 0.2) is 0 Å². The zero-order valence-corrected chi connectivity index (χ0v) is 11.4. The summed E-state index contributed by atoms with van der Waals surface area (Å²) in [6.07, 6.45) is 5.95. The first kappa shape index (κ1) is 12.1. The molecule has 3 heteroatoms. The van der Waals surface area contributed by atoms with Gasteiger partial charge in [0.25, 0.3) is 0 Å². The Morgan fingerprint density at radius 2 is 2.06 bits per heavy atom. The van der Waals surface area contributed by atoms with E-state index in [1.807, 2.05) is 11.3 Å². The van der Waals surface area contributed by atoms with E-state index < -0.39 is 0 Å². The third kappa shape index (κ3) is 1.91. The number of rotatable bonds is 3. The van der Waals surface area contributed by atoms with Crippen molar-refractivity contribution in [3.8, 4) is 0 Å². The molecule has 1 aliphatic rings. The van der Waals surface area contributed by atoms with Crippen LogP contribution >= 0.6 is 11.3 Å². The van der Waals surface area contributed by atoms with Gasteiger partial charge in [0, 0.05) is 4.88 Å². The van der Waals surface area contributed by atoms with E-state index in [4.69, 9.17) is 10.7 Å². The lowest BCUT2D eigenvalue weighted by Gasteiger charge is -2.30. The van der Waals surface area contributed by atoms with E-state index >= 15 is 0 Å². The van der Waals surface area contributed by atoms with Crippen molar-refractivity contribution in [2.45, 2.75) is 58.4 Å². The molecule has 2 nitrogen and oxygen atoms in total. The van der Waals surface area contributed by atoms with Crippen LogP contribution in [0.15, 0.2) is 0 Å². The third-order valence-corrected chi connectivity index (χ3v) is 5.21. The largest absolute Gasteiger partial charge is 0.319 e. The van der Waals surface area contributed by atoms with Crippen LogP contribution in [-0.4, -0.2) is 4.98 Å². The van der Waals surface area contributed by atoms with Crippen LogP contribution < -0.4 is 5.73 Å². The molecule has 1 aromatic heterocycles. The minimum Gasteiger partial charge on any atom is -0.319 e. The first-order valence-electron chi connectivity index (χ1n) is 6.36. The van der Waals surface area contributed by atoms with Gasteiger partial charge in [-0.15, -0.1) is 11.3 Å². The zero-order valence-electron chi connectivity index (χ0n) is 10.5. The van der Waals surface area contributed by atoms with E-state index in [2.05, 4.69) is 20.8 Å². The summed E-state index contributed by atoms with van der Waals surface area (Å²) >= 11 is 1.86. The molecule has 2 N–H and O–H groups in total. The highest BCUT2D eigenvalue weighted by Gasteiger charge is 2.33. The molecule has 1 atom stereocenters. The molecule has 0 aromatic carbocycles. The highest BCUT2D eigenvalue weighted by Crippen LogP contribution is 2.36. The van der Waals surface area contributed by atoms with Crippen LogP contribution in [0.2, 0.25) is 0 Å². The van der Waals surface area contributed by atoms with Crippen LogP contribution in [0.25, 0.3) is 0 Å².